The predicted molar refractivity (Wildman–Crippen MR) is 117 cm³/mol. The molecule has 0 aliphatic heterocycles. The van der Waals surface area contributed by atoms with Crippen LogP contribution in [0, 0.1) is 5.82 Å². The van der Waals surface area contributed by atoms with Crippen LogP contribution >= 0.6 is 0 Å². The molecule has 0 aromatic heterocycles. The second-order valence-corrected chi connectivity index (χ2v) is 7.63. The average molecular weight is 434 g/mol. The van der Waals surface area contributed by atoms with Crippen LogP contribution < -0.4 is 19.5 Å². The van der Waals surface area contributed by atoms with Gasteiger partial charge in [0.05, 0.1) is 19.3 Å². The van der Waals surface area contributed by atoms with Crippen LogP contribution in [0.2, 0.25) is 0 Å². The maximum absolute atomic E-state index is 13.0. The number of hydrogen-bond donors (Lipinski definition) is 1. The summed E-state index contributed by atoms with van der Waals surface area (Å²) in [5, 5.41) is 2.89. The molecule has 0 bridgehead atoms. The van der Waals surface area contributed by atoms with Crippen molar-refractivity contribution in [3.8, 4) is 17.2 Å². The SMILES string of the molecule is COc1cc(CCNC(=O)[C@H](COc2ccc(F)cc2)OC(C)C)ccc1OC(C)C. The molecule has 0 saturated carbocycles. The first-order valence-corrected chi connectivity index (χ1v) is 10.4. The molecule has 1 amide bonds. The van der Waals surface area contributed by atoms with Gasteiger partial charge in [0.25, 0.3) is 5.91 Å². The highest BCUT2D eigenvalue weighted by Gasteiger charge is 2.21. The van der Waals surface area contributed by atoms with E-state index in [9.17, 15) is 9.18 Å². The van der Waals surface area contributed by atoms with Crippen LogP contribution in [0.5, 0.6) is 17.2 Å². The Hall–Kier alpha value is -2.80. The van der Waals surface area contributed by atoms with Gasteiger partial charge in [0.1, 0.15) is 18.2 Å². The summed E-state index contributed by atoms with van der Waals surface area (Å²) in [4.78, 5) is 12.6. The number of halogens is 1. The zero-order chi connectivity index (χ0) is 22.8. The number of nitrogens with one attached hydrogen (secondary N) is 1. The molecule has 1 atom stereocenters. The van der Waals surface area contributed by atoms with Gasteiger partial charge in [0.2, 0.25) is 0 Å². The Bertz CT molecular complexity index is 823. The quantitative estimate of drug-likeness (QED) is 0.545. The standard InChI is InChI=1S/C24H32FNO5/c1-16(2)30-21-11-6-18(14-22(21)28-5)12-13-26-24(27)23(31-17(3)4)15-29-20-9-7-19(25)8-10-20/h6-11,14,16-17,23H,12-13,15H2,1-5H3,(H,26,27)/t23-/m0/s1. The van der Waals surface area contributed by atoms with E-state index in [0.717, 1.165) is 5.56 Å². The maximum Gasteiger partial charge on any atom is 0.252 e. The monoisotopic (exact) mass is 433 g/mol. The normalized spacial score (nSPS) is 12.0. The van der Waals surface area contributed by atoms with Crippen molar-refractivity contribution in [3.63, 3.8) is 0 Å². The molecule has 2 aromatic carbocycles. The van der Waals surface area contributed by atoms with E-state index in [1.54, 1.807) is 7.11 Å². The summed E-state index contributed by atoms with van der Waals surface area (Å²) in [6, 6.07) is 11.4. The smallest absolute Gasteiger partial charge is 0.252 e. The van der Waals surface area contributed by atoms with Gasteiger partial charge >= 0.3 is 0 Å². The maximum atomic E-state index is 13.0. The Labute approximate surface area is 183 Å². The van der Waals surface area contributed by atoms with Crippen LogP contribution in [-0.2, 0) is 16.0 Å². The predicted octanol–water partition coefficient (Wildman–Crippen LogP) is 4.15. The Morgan fingerprint density at radius 3 is 2.32 bits per heavy atom. The van der Waals surface area contributed by atoms with E-state index in [4.69, 9.17) is 18.9 Å². The highest BCUT2D eigenvalue weighted by Crippen LogP contribution is 2.29. The summed E-state index contributed by atoms with van der Waals surface area (Å²) >= 11 is 0. The van der Waals surface area contributed by atoms with Crippen LogP contribution in [0.1, 0.15) is 33.3 Å². The van der Waals surface area contributed by atoms with Crippen molar-refractivity contribution in [2.24, 2.45) is 0 Å². The molecule has 1 N–H and O–H groups in total. The van der Waals surface area contributed by atoms with Gasteiger partial charge in [-0.2, -0.15) is 0 Å². The molecule has 31 heavy (non-hydrogen) atoms. The number of benzene rings is 2. The fraction of sp³-hybridized carbons (Fsp3) is 0.458. The zero-order valence-corrected chi connectivity index (χ0v) is 18.8. The lowest BCUT2D eigenvalue weighted by molar-refractivity contribution is -0.137. The fourth-order valence-electron chi connectivity index (χ4n) is 2.87. The Balaban J connectivity index is 1.90. The summed E-state index contributed by atoms with van der Waals surface area (Å²) in [5.74, 6) is 1.21. The molecule has 0 radical (unpaired) electrons. The van der Waals surface area contributed by atoms with Crippen molar-refractivity contribution in [1.29, 1.82) is 0 Å². The third-order valence-electron chi connectivity index (χ3n) is 4.25. The van der Waals surface area contributed by atoms with Crippen molar-refractivity contribution in [3.05, 3.63) is 53.8 Å². The second-order valence-electron chi connectivity index (χ2n) is 7.63. The summed E-state index contributed by atoms with van der Waals surface area (Å²) in [6.07, 6.45) is -0.252. The van der Waals surface area contributed by atoms with Crippen molar-refractivity contribution >= 4 is 5.91 Å². The van der Waals surface area contributed by atoms with Crippen LogP contribution in [-0.4, -0.2) is 44.5 Å². The van der Waals surface area contributed by atoms with Gasteiger partial charge in [-0.1, -0.05) is 6.07 Å². The Morgan fingerprint density at radius 2 is 1.71 bits per heavy atom. The van der Waals surface area contributed by atoms with E-state index in [2.05, 4.69) is 5.32 Å². The second kappa shape index (κ2) is 12.2. The molecule has 0 heterocycles. The van der Waals surface area contributed by atoms with Crippen LogP contribution in [0.15, 0.2) is 42.5 Å². The topological polar surface area (TPSA) is 66.0 Å². The van der Waals surface area contributed by atoms with Crippen molar-refractivity contribution in [2.75, 3.05) is 20.3 Å². The lowest BCUT2D eigenvalue weighted by Crippen LogP contribution is -2.42. The van der Waals surface area contributed by atoms with Gasteiger partial charge in [0, 0.05) is 6.54 Å². The van der Waals surface area contributed by atoms with Gasteiger partial charge in [0.15, 0.2) is 17.6 Å². The molecule has 0 spiro atoms. The summed E-state index contributed by atoms with van der Waals surface area (Å²) in [5.41, 5.74) is 1.01. The lowest BCUT2D eigenvalue weighted by Gasteiger charge is -2.20. The molecule has 0 aliphatic carbocycles. The summed E-state index contributed by atoms with van der Waals surface area (Å²) in [6.45, 7) is 8.08. The third-order valence-corrected chi connectivity index (χ3v) is 4.25. The molecular formula is C24H32FNO5. The van der Waals surface area contributed by atoms with Gasteiger partial charge < -0.3 is 24.3 Å². The number of ether oxygens (including phenoxy) is 4. The highest BCUT2D eigenvalue weighted by molar-refractivity contribution is 5.81. The van der Waals surface area contributed by atoms with E-state index in [1.165, 1.54) is 24.3 Å². The molecule has 7 heteroatoms. The van der Waals surface area contributed by atoms with Crippen molar-refractivity contribution < 1.29 is 28.1 Å². The van der Waals surface area contributed by atoms with E-state index in [1.807, 2.05) is 45.9 Å². The van der Waals surface area contributed by atoms with E-state index >= 15 is 0 Å². The number of hydrogen-bond acceptors (Lipinski definition) is 5. The van der Waals surface area contributed by atoms with Crippen molar-refractivity contribution in [2.45, 2.75) is 52.4 Å². The third kappa shape index (κ3) is 8.45. The van der Waals surface area contributed by atoms with Gasteiger partial charge in [-0.05, 0) is 76.1 Å². The number of carbonyl (C=O) groups excluding carboxylic acids is 1. The largest absolute Gasteiger partial charge is 0.493 e. The molecule has 0 fully saturated rings. The van der Waals surface area contributed by atoms with E-state index in [-0.39, 0.29) is 30.5 Å². The number of carbonyl (C=O) groups is 1. The Morgan fingerprint density at radius 1 is 1.00 bits per heavy atom. The molecule has 0 saturated heterocycles. The Kier molecular flexibility index (Phi) is 9.59. The van der Waals surface area contributed by atoms with Gasteiger partial charge in [-0.15, -0.1) is 0 Å². The molecular weight excluding hydrogens is 401 g/mol. The van der Waals surface area contributed by atoms with Gasteiger partial charge in [-0.3, -0.25) is 4.79 Å². The molecule has 2 aromatic rings. The first kappa shape index (κ1) is 24.5. The van der Waals surface area contributed by atoms with E-state index < -0.39 is 6.10 Å². The molecule has 6 nitrogen and oxygen atoms in total. The average Bonchev–Trinajstić information content (AvgIpc) is 2.72. The van der Waals surface area contributed by atoms with Crippen LogP contribution in [0.25, 0.3) is 0 Å². The molecule has 170 valence electrons. The summed E-state index contributed by atoms with van der Waals surface area (Å²) < 4.78 is 35.5. The first-order chi connectivity index (χ1) is 14.8. The van der Waals surface area contributed by atoms with Gasteiger partial charge in [-0.25, -0.2) is 4.39 Å². The number of rotatable bonds is 12. The first-order valence-electron chi connectivity index (χ1n) is 10.4. The minimum absolute atomic E-state index is 0.0324. The highest BCUT2D eigenvalue weighted by atomic mass is 19.1. The number of amides is 1. The van der Waals surface area contributed by atoms with E-state index in [0.29, 0.717) is 30.2 Å². The van der Waals surface area contributed by atoms with Crippen LogP contribution in [0.4, 0.5) is 4.39 Å². The number of methoxy groups -OCH3 is 1. The fourth-order valence-corrected chi connectivity index (χ4v) is 2.87. The summed E-state index contributed by atoms with van der Waals surface area (Å²) in [7, 11) is 1.60. The molecule has 0 aliphatic rings. The zero-order valence-electron chi connectivity index (χ0n) is 18.8. The van der Waals surface area contributed by atoms with Crippen LogP contribution in [0.3, 0.4) is 0 Å². The minimum Gasteiger partial charge on any atom is -0.493 e. The molecule has 2 rings (SSSR count). The lowest BCUT2D eigenvalue weighted by atomic mass is 10.1. The molecule has 0 unspecified atom stereocenters. The minimum atomic E-state index is -0.776. The van der Waals surface area contributed by atoms with Crippen molar-refractivity contribution in [1.82, 2.24) is 5.32 Å².